The second kappa shape index (κ2) is 6.59. The highest BCUT2D eigenvalue weighted by Gasteiger charge is 2.18. The van der Waals surface area contributed by atoms with E-state index in [4.69, 9.17) is 4.98 Å². The Hall–Kier alpha value is -3.06. The standard InChI is InChI=1S/C20H20N4O2S/c1-4-23(16-7-5-6-8-17(16)25)20-22-24-11-15(21-19(24)27-20)14-9-12(2)18(26)13(3)10-14/h5-11,25-26H,4H2,1-3H3. The van der Waals surface area contributed by atoms with E-state index in [0.717, 1.165) is 38.2 Å². The molecule has 2 N–H and O–H groups in total. The number of aromatic hydroxyl groups is 2. The maximum absolute atomic E-state index is 10.2. The van der Waals surface area contributed by atoms with E-state index >= 15 is 0 Å². The summed E-state index contributed by atoms with van der Waals surface area (Å²) in [6.45, 7) is 6.46. The van der Waals surface area contributed by atoms with Crippen LogP contribution in [0.5, 0.6) is 11.5 Å². The highest BCUT2D eigenvalue weighted by atomic mass is 32.1. The average molecular weight is 380 g/mol. The monoisotopic (exact) mass is 380 g/mol. The summed E-state index contributed by atoms with van der Waals surface area (Å²) in [4.78, 5) is 7.43. The minimum atomic E-state index is 0.225. The number of anilines is 2. The van der Waals surface area contributed by atoms with Crippen LogP contribution in [0.4, 0.5) is 10.8 Å². The number of para-hydroxylation sites is 2. The van der Waals surface area contributed by atoms with Crippen LogP contribution < -0.4 is 4.90 Å². The number of aryl methyl sites for hydroxylation is 2. The molecule has 4 rings (SSSR count). The van der Waals surface area contributed by atoms with Gasteiger partial charge in [0.25, 0.3) is 0 Å². The Bertz CT molecular complexity index is 1080. The average Bonchev–Trinajstić information content (AvgIpc) is 3.20. The van der Waals surface area contributed by atoms with Gasteiger partial charge < -0.3 is 15.1 Å². The van der Waals surface area contributed by atoms with Gasteiger partial charge in [0.05, 0.1) is 17.6 Å². The lowest BCUT2D eigenvalue weighted by Gasteiger charge is -2.20. The summed E-state index contributed by atoms with van der Waals surface area (Å²) in [5.41, 5.74) is 4.15. The number of nitrogens with zero attached hydrogens (tertiary/aromatic N) is 4. The van der Waals surface area contributed by atoms with E-state index in [9.17, 15) is 10.2 Å². The number of phenols is 2. The molecule has 0 saturated heterocycles. The van der Waals surface area contributed by atoms with Crippen LogP contribution in [-0.2, 0) is 0 Å². The van der Waals surface area contributed by atoms with Crippen molar-refractivity contribution in [3.63, 3.8) is 0 Å². The molecule has 7 heteroatoms. The number of imidazole rings is 1. The molecule has 0 amide bonds. The van der Waals surface area contributed by atoms with Gasteiger partial charge >= 0.3 is 0 Å². The number of rotatable bonds is 4. The molecule has 0 saturated carbocycles. The van der Waals surface area contributed by atoms with Crippen molar-refractivity contribution in [3.8, 4) is 22.8 Å². The molecule has 0 aliphatic carbocycles. The molecule has 2 aromatic carbocycles. The minimum Gasteiger partial charge on any atom is -0.507 e. The molecule has 138 valence electrons. The molecule has 4 aromatic rings. The second-order valence-electron chi connectivity index (χ2n) is 6.43. The van der Waals surface area contributed by atoms with Gasteiger partial charge in [-0.05, 0) is 56.2 Å². The first kappa shape index (κ1) is 17.4. The largest absolute Gasteiger partial charge is 0.507 e. The summed E-state index contributed by atoms with van der Waals surface area (Å²) in [5, 5.41) is 25.5. The summed E-state index contributed by atoms with van der Waals surface area (Å²) in [5.74, 6) is 0.546. The zero-order chi connectivity index (χ0) is 19.1. The zero-order valence-electron chi connectivity index (χ0n) is 15.3. The Morgan fingerprint density at radius 2 is 1.81 bits per heavy atom. The molecule has 0 radical (unpaired) electrons. The fraction of sp³-hybridized carbons (Fsp3) is 0.200. The molecule has 0 atom stereocenters. The maximum atomic E-state index is 10.2. The van der Waals surface area contributed by atoms with E-state index < -0.39 is 0 Å². The molecule has 2 heterocycles. The number of hydrogen-bond acceptors (Lipinski definition) is 6. The third-order valence-corrected chi connectivity index (χ3v) is 5.48. The van der Waals surface area contributed by atoms with E-state index in [1.807, 2.05) is 56.1 Å². The van der Waals surface area contributed by atoms with E-state index in [-0.39, 0.29) is 5.75 Å². The van der Waals surface area contributed by atoms with Gasteiger partial charge in [-0.15, -0.1) is 5.10 Å². The first-order valence-corrected chi connectivity index (χ1v) is 9.52. The van der Waals surface area contributed by atoms with Crippen LogP contribution in [0.2, 0.25) is 0 Å². The fourth-order valence-corrected chi connectivity index (χ4v) is 4.10. The molecule has 0 fully saturated rings. The summed E-state index contributed by atoms with van der Waals surface area (Å²) in [6.07, 6.45) is 1.89. The Kier molecular flexibility index (Phi) is 4.24. The summed E-state index contributed by atoms with van der Waals surface area (Å²) in [6, 6.07) is 11.1. The van der Waals surface area contributed by atoms with Gasteiger partial charge in [-0.2, -0.15) is 0 Å². The molecular formula is C20H20N4O2S. The molecular weight excluding hydrogens is 360 g/mol. The smallest absolute Gasteiger partial charge is 0.214 e. The van der Waals surface area contributed by atoms with Gasteiger partial charge in [0.1, 0.15) is 11.5 Å². The Morgan fingerprint density at radius 3 is 2.44 bits per heavy atom. The normalized spacial score (nSPS) is 11.2. The van der Waals surface area contributed by atoms with Crippen LogP contribution in [0, 0.1) is 13.8 Å². The van der Waals surface area contributed by atoms with Crippen LogP contribution in [0.1, 0.15) is 18.1 Å². The predicted molar refractivity (Wildman–Crippen MR) is 108 cm³/mol. The van der Waals surface area contributed by atoms with Crippen LogP contribution in [0.25, 0.3) is 16.2 Å². The van der Waals surface area contributed by atoms with Crippen molar-refractivity contribution in [1.82, 2.24) is 14.6 Å². The van der Waals surface area contributed by atoms with Crippen molar-refractivity contribution in [2.24, 2.45) is 0 Å². The highest BCUT2D eigenvalue weighted by molar-refractivity contribution is 7.20. The lowest BCUT2D eigenvalue weighted by molar-refractivity contribution is 0.467. The molecule has 6 nitrogen and oxygen atoms in total. The van der Waals surface area contributed by atoms with Gasteiger partial charge in [-0.3, -0.25) is 0 Å². The Balaban J connectivity index is 1.73. The lowest BCUT2D eigenvalue weighted by atomic mass is 10.0. The third-order valence-electron chi connectivity index (χ3n) is 4.54. The summed E-state index contributed by atoms with van der Waals surface area (Å²) in [7, 11) is 0. The molecule has 0 unspecified atom stereocenters. The third kappa shape index (κ3) is 3.00. The molecule has 27 heavy (non-hydrogen) atoms. The minimum absolute atomic E-state index is 0.225. The van der Waals surface area contributed by atoms with Crippen LogP contribution in [-0.4, -0.2) is 31.4 Å². The SMILES string of the molecule is CCN(c1nn2cc(-c3cc(C)c(O)c(C)c3)nc2s1)c1ccccc1O. The van der Waals surface area contributed by atoms with E-state index in [2.05, 4.69) is 5.10 Å². The van der Waals surface area contributed by atoms with Crippen molar-refractivity contribution in [2.45, 2.75) is 20.8 Å². The topological polar surface area (TPSA) is 73.9 Å². The first-order chi connectivity index (χ1) is 13.0. The number of aromatic nitrogens is 3. The Labute approximate surface area is 161 Å². The number of benzene rings is 2. The van der Waals surface area contributed by atoms with Crippen molar-refractivity contribution in [1.29, 1.82) is 0 Å². The van der Waals surface area contributed by atoms with Crippen LogP contribution in [0.15, 0.2) is 42.6 Å². The molecule has 0 aliphatic rings. The maximum Gasteiger partial charge on any atom is 0.214 e. The van der Waals surface area contributed by atoms with E-state index in [0.29, 0.717) is 12.3 Å². The highest BCUT2D eigenvalue weighted by Crippen LogP contribution is 2.36. The van der Waals surface area contributed by atoms with Crippen molar-refractivity contribution >= 4 is 27.1 Å². The van der Waals surface area contributed by atoms with Crippen LogP contribution in [0.3, 0.4) is 0 Å². The van der Waals surface area contributed by atoms with Gasteiger partial charge in [-0.1, -0.05) is 23.5 Å². The van der Waals surface area contributed by atoms with E-state index in [1.165, 1.54) is 11.3 Å². The number of fused-ring (bicyclic) bond motifs is 1. The second-order valence-corrected chi connectivity index (χ2v) is 7.36. The first-order valence-electron chi connectivity index (χ1n) is 8.70. The predicted octanol–water partition coefficient (Wildman–Crippen LogP) is 4.64. The zero-order valence-corrected chi connectivity index (χ0v) is 16.2. The summed E-state index contributed by atoms with van der Waals surface area (Å²) < 4.78 is 1.76. The summed E-state index contributed by atoms with van der Waals surface area (Å²) >= 11 is 1.47. The van der Waals surface area contributed by atoms with Crippen molar-refractivity contribution < 1.29 is 10.2 Å². The number of phenolic OH excluding ortho intramolecular Hbond substituents is 2. The quantitative estimate of drug-likeness (QED) is 0.539. The van der Waals surface area contributed by atoms with Gasteiger partial charge in [0.15, 0.2) is 0 Å². The Morgan fingerprint density at radius 1 is 1.11 bits per heavy atom. The van der Waals surface area contributed by atoms with Crippen LogP contribution >= 0.6 is 11.3 Å². The molecule has 0 bridgehead atoms. The molecule has 0 aliphatic heterocycles. The van der Waals surface area contributed by atoms with Crippen molar-refractivity contribution in [3.05, 3.63) is 53.7 Å². The van der Waals surface area contributed by atoms with Gasteiger partial charge in [0, 0.05) is 12.1 Å². The lowest BCUT2D eigenvalue weighted by Crippen LogP contribution is -2.16. The molecule has 0 spiro atoms. The van der Waals surface area contributed by atoms with Crippen molar-refractivity contribution in [2.75, 3.05) is 11.4 Å². The fourth-order valence-electron chi connectivity index (χ4n) is 3.14. The number of hydrogen-bond donors (Lipinski definition) is 2. The van der Waals surface area contributed by atoms with Gasteiger partial charge in [0.2, 0.25) is 10.1 Å². The van der Waals surface area contributed by atoms with Gasteiger partial charge in [-0.25, -0.2) is 9.50 Å². The van der Waals surface area contributed by atoms with E-state index in [1.54, 1.807) is 16.6 Å². The molecule has 2 aromatic heterocycles.